The van der Waals surface area contributed by atoms with E-state index in [0.29, 0.717) is 6.42 Å². The Labute approximate surface area is 119 Å². The predicted octanol–water partition coefficient (Wildman–Crippen LogP) is 2.98. The van der Waals surface area contributed by atoms with Crippen molar-refractivity contribution in [1.29, 1.82) is 0 Å². The highest BCUT2D eigenvalue weighted by Crippen LogP contribution is 2.32. The van der Waals surface area contributed by atoms with Crippen molar-refractivity contribution in [3.8, 4) is 0 Å². The summed E-state index contributed by atoms with van der Waals surface area (Å²) in [6, 6.07) is 17.9. The molecule has 1 unspecified atom stereocenters. The van der Waals surface area contributed by atoms with E-state index < -0.39 is 0 Å². The Morgan fingerprint density at radius 1 is 1.00 bits per heavy atom. The molecule has 1 saturated heterocycles. The van der Waals surface area contributed by atoms with Crippen LogP contribution in [0, 0.1) is 0 Å². The molecular weight excluding hydrogens is 248 g/mol. The highest BCUT2D eigenvalue weighted by atomic mass is 16.2. The van der Waals surface area contributed by atoms with Gasteiger partial charge in [0.05, 0.1) is 6.04 Å². The Kier molecular flexibility index (Phi) is 3.42. The number of carbonyl (C=O) groups is 1. The van der Waals surface area contributed by atoms with E-state index in [-0.39, 0.29) is 11.9 Å². The molecule has 1 heterocycles. The molecule has 1 aliphatic rings. The lowest BCUT2D eigenvalue weighted by molar-refractivity contribution is -0.129. The molecule has 3 rings (SSSR count). The summed E-state index contributed by atoms with van der Waals surface area (Å²) in [5, 5.41) is 0. The van der Waals surface area contributed by atoms with E-state index in [2.05, 4.69) is 12.1 Å². The van der Waals surface area contributed by atoms with Crippen molar-refractivity contribution in [3.05, 3.63) is 65.7 Å². The minimum absolute atomic E-state index is 0.0327. The Balaban J connectivity index is 2.06. The molecule has 3 heteroatoms. The molecular formula is C17H18N2O. The van der Waals surface area contributed by atoms with Gasteiger partial charge in [-0.3, -0.25) is 4.79 Å². The van der Waals surface area contributed by atoms with Crippen LogP contribution in [0.2, 0.25) is 0 Å². The summed E-state index contributed by atoms with van der Waals surface area (Å²) in [6.45, 7) is 0.813. The molecule has 1 fully saturated rings. The van der Waals surface area contributed by atoms with Gasteiger partial charge in [-0.2, -0.15) is 0 Å². The van der Waals surface area contributed by atoms with Crippen LogP contribution in [-0.2, 0) is 4.79 Å². The number of nitrogens with zero attached hydrogens (tertiary/aromatic N) is 1. The van der Waals surface area contributed by atoms with Crippen molar-refractivity contribution in [1.82, 2.24) is 4.90 Å². The van der Waals surface area contributed by atoms with Gasteiger partial charge in [-0.1, -0.05) is 42.5 Å². The quantitative estimate of drug-likeness (QED) is 0.868. The Morgan fingerprint density at radius 2 is 1.75 bits per heavy atom. The second kappa shape index (κ2) is 5.37. The SMILES string of the molecule is Nc1cccc(C(c2ccccc2)N2CCCC2=O)c1. The third-order valence-corrected chi connectivity index (χ3v) is 3.76. The first-order valence-corrected chi connectivity index (χ1v) is 6.95. The molecule has 2 aromatic rings. The number of likely N-dealkylation sites (tertiary alicyclic amines) is 1. The highest BCUT2D eigenvalue weighted by Gasteiger charge is 2.30. The van der Waals surface area contributed by atoms with E-state index in [4.69, 9.17) is 5.73 Å². The zero-order valence-electron chi connectivity index (χ0n) is 11.3. The van der Waals surface area contributed by atoms with E-state index in [0.717, 1.165) is 29.8 Å². The molecule has 1 atom stereocenters. The van der Waals surface area contributed by atoms with Gasteiger partial charge in [-0.25, -0.2) is 0 Å². The molecule has 0 bridgehead atoms. The summed E-state index contributed by atoms with van der Waals surface area (Å²) in [7, 11) is 0. The molecule has 0 saturated carbocycles. The van der Waals surface area contributed by atoms with Crippen molar-refractivity contribution < 1.29 is 4.79 Å². The number of rotatable bonds is 3. The van der Waals surface area contributed by atoms with Gasteiger partial charge in [0.25, 0.3) is 0 Å². The Bertz CT molecular complexity index is 609. The molecule has 3 nitrogen and oxygen atoms in total. The second-order valence-corrected chi connectivity index (χ2v) is 5.17. The molecule has 0 aromatic heterocycles. The second-order valence-electron chi connectivity index (χ2n) is 5.17. The molecule has 102 valence electrons. The largest absolute Gasteiger partial charge is 0.399 e. The van der Waals surface area contributed by atoms with Crippen LogP contribution in [0.15, 0.2) is 54.6 Å². The Hall–Kier alpha value is -2.29. The highest BCUT2D eigenvalue weighted by molar-refractivity contribution is 5.79. The Morgan fingerprint density at radius 3 is 2.40 bits per heavy atom. The van der Waals surface area contributed by atoms with Crippen molar-refractivity contribution in [2.24, 2.45) is 0 Å². The summed E-state index contributed by atoms with van der Waals surface area (Å²) in [6.07, 6.45) is 1.58. The third kappa shape index (κ3) is 2.39. The van der Waals surface area contributed by atoms with E-state index in [1.165, 1.54) is 0 Å². The number of carbonyl (C=O) groups excluding carboxylic acids is 1. The van der Waals surface area contributed by atoms with Crippen LogP contribution < -0.4 is 5.73 Å². The summed E-state index contributed by atoms with van der Waals surface area (Å²) >= 11 is 0. The van der Waals surface area contributed by atoms with Gasteiger partial charge < -0.3 is 10.6 Å². The number of benzene rings is 2. The van der Waals surface area contributed by atoms with Gasteiger partial charge in [0.2, 0.25) is 5.91 Å². The van der Waals surface area contributed by atoms with Gasteiger partial charge in [0.1, 0.15) is 0 Å². The number of nitrogen functional groups attached to an aromatic ring is 1. The van der Waals surface area contributed by atoms with E-state index in [1.807, 2.05) is 47.4 Å². The molecule has 20 heavy (non-hydrogen) atoms. The van der Waals surface area contributed by atoms with Crippen LogP contribution in [0.25, 0.3) is 0 Å². The number of nitrogens with two attached hydrogens (primary N) is 1. The lowest BCUT2D eigenvalue weighted by Crippen LogP contribution is -2.30. The fourth-order valence-electron chi connectivity index (χ4n) is 2.86. The lowest BCUT2D eigenvalue weighted by Gasteiger charge is -2.29. The zero-order chi connectivity index (χ0) is 13.9. The molecule has 0 radical (unpaired) electrons. The molecule has 2 aromatic carbocycles. The van der Waals surface area contributed by atoms with Crippen molar-refractivity contribution in [3.63, 3.8) is 0 Å². The van der Waals surface area contributed by atoms with Gasteiger partial charge >= 0.3 is 0 Å². The predicted molar refractivity (Wildman–Crippen MR) is 80.1 cm³/mol. The van der Waals surface area contributed by atoms with Crippen LogP contribution in [0.1, 0.15) is 30.0 Å². The number of anilines is 1. The maximum atomic E-state index is 12.1. The van der Waals surface area contributed by atoms with Gasteiger partial charge in [-0.05, 0) is 29.7 Å². The fourth-order valence-corrected chi connectivity index (χ4v) is 2.86. The average Bonchev–Trinajstić information content (AvgIpc) is 2.87. The van der Waals surface area contributed by atoms with E-state index in [9.17, 15) is 4.79 Å². The standard InChI is InChI=1S/C17H18N2O/c18-15-9-4-8-14(12-15)17(13-6-2-1-3-7-13)19-11-5-10-16(19)20/h1-4,6-9,12,17H,5,10-11,18H2. The summed E-state index contributed by atoms with van der Waals surface area (Å²) < 4.78 is 0. The summed E-state index contributed by atoms with van der Waals surface area (Å²) in [4.78, 5) is 14.1. The number of hydrogen-bond donors (Lipinski definition) is 1. The lowest BCUT2D eigenvalue weighted by atomic mass is 9.97. The minimum atomic E-state index is -0.0327. The first kappa shape index (κ1) is 12.7. The van der Waals surface area contributed by atoms with Crippen LogP contribution in [0.3, 0.4) is 0 Å². The van der Waals surface area contributed by atoms with Crippen molar-refractivity contribution in [2.45, 2.75) is 18.9 Å². The van der Waals surface area contributed by atoms with Gasteiger partial charge in [0.15, 0.2) is 0 Å². The van der Waals surface area contributed by atoms with Crippen molar-refractivity contribution >= 4 is 11.6 Å². The minimum Gasteiger partial charge on any atom is -0.399 e. The molecule has 2 N–H and O–H groups in total. The molecule has 0 aliphatic carbocycles. The summed E-state index contributed by atoms with van der Waals surface area (Å²) in [5.74, 6) is 0.223. The van der Waals surface area contributed by atoms with Crippen LogP contribution in [-0.4, -0.2) is 17.4 Å². The van der Waals surface area contributed by atoms with Crippen LogP contribution in [0.5, 0.6) is 0 Å². The van der Waals surface area contributed by atoms with Gasteiger partial charge in [-0.15, -0.1) is 0 Å². The average molecular weight is 266 g/mol. The third-order valence-electron chi connectivity index (χ3n) is 3.76. The maximum Gasteiger partial charge on any atom is 0.223 e. The maximum absolute atomic E-state index is 12.1. The smallest absolute Gasteiger partial charge is 0.223 e. The fraction of sp³-hybridized carbons (Fsp3) is 0.235. The normalized spacial score (nSPS) is 16.4. The van der Waals surface area contributed by atoms with Gasteiger partial charge in [0, 0.05) is 18.7 Å². The van der Waals surface area contributed by atoms with Crippen molar-refractivity contribution in [2.75, 3.05) is 12.3 Å². The first-order valence-electron chi connectivity index (χ1n) is 6.95. The zero-order valence-corrected chi connectivity index (χ0v) is 11.3. The summed E-state index contributed by atoms with van der Waals surface area (Å²) in [5.41, 5.74) is 8.84. The van der Waals surface area contributed by atoms with Crippen LogP contribution in [0.4, 0.5) is 5.69 Å². The van der Waals surface area contributed by atoms with E-state index in [1.54, 1.807) is 0 Å². The topological polar surface area (TPSA) is 46.3 Å². The number of amides is 1. The molecule has 1 amide bonds. The monoisotopic (exact) mass is 266 g/mol. The molecule has 1 aliphatic heterocycles. The molecule has 0 spiro atoms. The number of hydrogen-bond acceptors (Lipinski definition) is 2. The van der Waals surface area contributed by atoms with E-state index >= 15 is 0 Å². The van der Waals surface area contributed by atoms with Crippen LogP contribution >= 0.6 is 0 Å². The first-order chi connectivity index (χ1) is 9.75.